The smallest absolute Gasteiger partial charge is 0.346 e. The van der Waals surface area contributed by atoms with E-state index in [0.717, 1.165) is 11.8 Å². The lowest BCUT2D eigenvalue weighted by molar-refractivity contribution is -0.135. The molecule has 88 valence electrons. The summed E-state index contributed by atoms with van der Waals surface area (Å²) in [6.07, 6.45) is 0. The Morgan fingerprint density at radius 1 is 1.00 bits per heavy atom. The monoisotopic (exact) mass is 243 g/mol. The second kappa shape index (κ2) is 5.07. The first kappa shape index (κ1) is 12.6. The molecule has 0 aliphatic carbocycles. The summed E-state index contributed by atoms with van der Waals surface area (Å²) in [6, 6.07) is 0. The molecular formula is C10H13NO4S. The van der Waals surface area contributed by atoms with E-state index < -0.39 is 11.9 Å². The molecule has 5 nitrogen and oxygen atoms in total. The van der Waals surface area contributed by atoms with Crippen molar-refractivity contribution in [2.75, 3.05) is 14.2 Å². The van der Waals surface area contributed by atoms with Crippen molar-refractivity contribution in [1.29, 1.82) is 0 Å². The van der Waals surface area contributed by atoms with Gasteiger partial charge >= 0.3 is 11.9 Å². The molecule has 1 heterocycles. The Bertz CT molecular complexity index is 362. The first-order valence-electron chi connectivity index (χ1n) is 4.54. The van der Waals surface area contributed by atoms with Gasteiger partial charge in [0.1, 0.15) is 9.81 Å². The zero-order chi connectivity index (χ0) is 12.3. The Morgan fingerprint density at radius 3 is 1.69 bits per heavy atom. The molecule has 0 spiro atoms. The molecule has 0 atom stereocenters. The van der Waals surface area contributed by atoms with Gasteiger partial charge in [-0.15, -0.1) is 0 Å². The standard InChI is InChI=1S/C10H13NO4S/c1-5-7(9(12)14-3)16-8(6(2)11-5)10(13)15-4/h11H,1-4H3. The van der Waals surface area contributed by atoms with Crippen LogP contribution >= 0.6 is 11.8 Å². The molecule has 1 aliphatic rings. The third-order valence-electron chi connectivity index (χ3n) is 2.00. The molecule has 1 aliphatic heterocycles. The van der Waals surface area contributed by atoms with Crippen LogP contribution < -0.4 is 5.32 Å². The normalized spacial score (nSPS) is 15.8. The average Bonchev–Trinajstić information content (AvgIpc) is 2.27. The lowest BCUT2D eigenvalue weighted by Crippen LogP contribution is -2.22. The number of rotatable bonds is 2. The van der Waals surface area contributed by atoms with Gasteiger partial charge in [0, 0.05) is 11.4 Å². The van der Waals surface area contributed by atoms with Gasteiger partial charge in [-0.1, -0.05) is 11.8 Å². The van der Waals surface area contributed by atoms with Gasteiger partial charge < -0.3 is 14.8 Å². The fraction of sp³-hybridized carbons (Fsp3) is 0.400. The van der Waals surface area contributed by atoms with E-state index in [0.29, 0.717) is 21.2 Å². The molecule has 0 unspecified atom stereocenters. The molecule has 0 bridgehead atoms. The number of hydrogen-bond acceptors (Lipinski definition) is 6. The molecule has 0 aromatic carbocycles. The van der Waals surface area contributed by atoms with Crippen molar-refractivity contribution in [2.45, 2.75) is 13.8 Å². The maximum absolute atomic E-state index is 11.4. The van der Waals surface area contributed by atoms with Gasteiger partial charge in [0.2, 0.25) is 0 Å². The first-order valence-corrected chi connectivity index (χ1v) is 5.36. The second-order valence-corrected chi connectivity index (χ2v) is 4.14. The number of nitrogens with one attached hydrogen (secondary N) is 1. The van der Waals surface area contributed by atoms with Crippen molar-refractivity contribution in [3.05, 3.63) is 21.2 Å². The van der Waals surface area contributed by atoms with Crippen molar-refractivity contribution >= 4 is 23.7 Å². The number of esters is 2. The van der Waals surface area contributed by atoms with Crippen LogP contribution in [-0.4, -0.2) is 26.2 Å². The molecule has 6 heteroatoms. The maximum atomic E-state index is 11.4. The van der Waals surface area contributed by atoms with E-state index in [1.54, 1.807) is 13.8 Å². The number of allylic oxidation sites excluding steroid dienone is 2. The summed E-state index contributed by atoms with van der Waals surface area (Å²) < 4.78 is 9.25. The summed E-state index contributed by atoms with van der Waals surface area (Å²) in [6.45, 7) is 3.49. The van der Waals surface area contributed by atoms with Crippen LogP contribution in [0.5, 0.6) is 0 Å². The van der Waals surface area contributed by atoms with E-state index in [1.165, 1.54) is 14.2 Å². The summed E-state index contributed by atoms with van der Waals surface area (Å²) in [7, 11) is 2.60. The minimum absolute atomic E-state index is 0.369. The quantitative estimate of drug-likeness (QED) is 0.733. The van der Waals surface area contributed by atoms with Gasteiger partial charge in [-0.3, -0.25) is 0 Å². The molecule has 0 aromatic rings. The molecule has 0 amide bonds. The fourth-order valence-corrected chi connectivity index (χ4v) is 2.17. The van der Waals surface area contributed by atoms with Gasteiger partial charge in [0.25, 0.3) is 0 Å². The molecule has 0 saturated heterocycles. The van der Waals surface area contributed by atoms with Crippen LogP contribution in [0.2, 0.25) is 0 Å². The van der Waals surface area contributed by atoms with Crippen molar-refractivity contribution in [3.63, 3.8) is 0 Å². The highest BCUT2D eigenvalue weighted by Crippen LogP contribution is 2.34. The predicted molar refractivity (Wildman–Crippen MR) is 60.2 cm³/mol. The Balaban J connectivity index is 2.99. The number of hydrogen-bond donors (Lipinski definition) is 1. The summed E-state index contributed by atoms with van der Waals surface area (Å²) in [4.78, 5) is 23.6. The van der Waals surface area contributed by atoms with Gasteiger partial charge in [0.15, 0.2) is 0 Å². The maximum Gasteiger partial charge on any atom is 0.346 e. The zero-order valence-corrected chi connectivity index (χ0v) is 10.4. The molecule has 0 aromatic heterocycles. The molecule has 1 rings (SSSR count). The van der Waals surface area contributed by atoms with E-state index in [-0.39, 0.29) is 0 Å². The number of ether oxygens (including phenoxy) is 2. The lowest BCUT2D eigenvalue weighted by Gasteiger charge is -2.20. The minimum Gasteiger partial charge on any atom is -0.465 e. The Kier molecular flexibility index (Phi) is 4.00. The SMILES string of the molecule is COC(=O)C1=C(C)NC(C)=C(C(=O)OC)S1. The highest BCUT2D eigenvalue weighted by Gasteiger charge is 2.26. The summed E-state index contributed by atoms with van der Waals surface area (Å²) in [5.41, 5.74) is 1.34. The van der Waals surface area contributed by atoms with Crippen LogP contribution in [0, 0.1) is 0 Å². The van der Waals surface area contributed by atoms with Crippen LogP contribution in [0.25, 0.3) is 0 Å². The number of carbonyl (C=O) groups is 2. The second-order valence-electron chi connectivity index (χ2n) is 3.12. The molecule has 16 heavy (non-hydrogen) atoms. The van der Waals surface area contributed by atoms with Crippen molar-refractivity contribution < 1.29 is 19.1 Å². The molecule has 1 N–H and O–H groups in total. The van der Waals surface area contributed by atoms with E-state index in [2.05, 4.69) is 14.8 Å². The predicted octanol–water partition coefficient (Wildman–Crippen LogP) is 1.13. The zero-order valence-electron chi connectivity index (χ0n) is 9.54. The molecule has 0 radical (unpaired) electrons. The van der Waals surface area contributed by atoms with Crippen molar-refractivity contribution in [3.8, 4) is 0 Å². The van der Waals surface area contributed by atoms with E-state index >= 15 is 0 Å². The average molecular weight is 243 g/mol. The van der Waals surface area contributed by atoms with Crippen molar-refractivity contribution in [2.24, 2.45) is 0 Å². The van der Waals surface area contributed by atoms with Crippen LogP contribution in [0.1, 0.15) is 13.8 Å². The third-order valence-corrected chi connectivity index (χ3v) is 3.36. The van der Waals surface area contributed by atoms with Gasteiger partial charge in [-0.25, -0.2) is 9.59 Å². The van der Waals surface area contributed by atoms with Crippen LogP contribution in [-0.2, 0) is 19.1 Å². The highest BCUT2D eigenvalue weighted by atomic mass is 32.2. The highest BCUT2D eigenvalue weighted by molar-refractivity contribution is 8.08. The number of carbonyl (C=O) groups excluding carboxylic acids is 2. The van der Waals surface area contributed by atoms with Gasteiger partial charge in [-0.2, -0.15) is 0 Å². The number of methoxy groups -OCH3 is 2. The van der Waals surface area contributed by atoms with Crippen molar-refractivity contribution in [1.82, 2.24) is 5.32 Å². The molecular weight excluding hydrogens is 230 g/mol. The van der Waals surface area contributed by atoms with Crippen LogP contribution in [0.3, 0.4) is 0 Å². The fourth-order valence-electron chi connectivity index (χ4n) is 1.22. The van der Waals surface area contributed by atoms with E-state index in [9.17, 15) is 9.59 Å². The van der Waals surface area contributed by atoms with E-state index in [4.69, 9.17) is 0 Å². The van der Waals surface area contributed by atoms with Crippen LogP contribution in [0.4, 0.5) is 0 Å². The topological polar surface area (TPSA) is 64.6 Å². The van der Waals surface area contributed by atoms with Gasteiger partial charge in [0.05, 0.1) is 14.2 Å². The molecule has 0 saturated carbocycles. The minimum atomic E-state index is -0.469. The lowest BCUT2D eigenvalue weighted by atomic mass is 10.3. The Morgan fingerprint density at radius 2 is 1.38 bits per heavy atom. The Labute approximate surface area is 97.9 Å². The summed E-state index contributed by atoms with van der Waals surface area (Å²) in [5.74, 6) is -0.937. The van der Waals surface area contributed by atoms with E-state index in [1.807, 2.05) is 0 Å². The number of thioether (sulfide) groups is 1. The largest absolute Gasteiger partial charge is 0.465 e. The first-order chi connectivity index (χ1) is 7.51. The summed E-state index contributed by atoms with van der Waals surface area (Å²) >= 11 is 1.06. The Hall–Kier alpha value is -1.43. The molecule has 0 fully saturated rings. The van der Waals surface area contributed by atoms with Crippen LogP contribution in [0.15, 0.2) is 21.2 Å². The third kappa shape index (κ3) is 2.38. The summed E-state index contributed by atoms with van der Waals surface area (Å²) in [5, 5.41) is 2.95. The van der Waals surface area contributed by atoms with Gasteiger partial charge in [-0.05, 0) is 13.8 Å².